The highest BCUT2D eigenvalue weighted by atomic mass is 35.5. The van der Waals surface area contributed by atoms with E-state index in [0.29, 0.717) is 17.2 Å². The summed E-state index contributed by atoms with van der Waals surface area (Å²) in [7, 11) is 0. The number of hydrogen-bond donors (Lipinski definition) is 1. The molecule has 2 rings (SSSR count). The number of nitrogens with one attached hydrogen (secondary N) is 1. The lowest BCUT2D eigenvalue weighted by atomic mass is 10.1. The van der Waals surface area contributed by atoms with Crippen molar-refractivity contribution in [1.82, 2.24) is 10.2 Å². The summed E-state index contributed by atoms with van der Waals surface area (Å²) >= 11 is 6.04. The number of ether oxygens (including phenoxy) is 1. The van der Waals surface area contributed by atoms with Crippen LogP contribution in [0.4, 0.5) is 4.39 Å². The van der Waals surface area contributed by atoms with Crippen LogP contribution in [0.1, 0.15) is 44.7 Å². The molecule has 1 N–H and O–H groups in total. The topological polar surface area (TPSA) is 58.6 Å². The largest absolute Gasteiger partial charge is 0.484 e. The van der Waals surface area contributed by atoms with Gasteiger partial charge in [-0.1, -0.05) is 37.6 Å². The first-order valence-corrected chi connectivity index (χ1v) is 10.9. The smallest absolute Gasteiger partial charge is 0.261 e. The van der Waals surface area contributed by atoms with E-state index in [1.54, 1.807) is 30.3 Å². The predicted molar refractivity (Wildman–Crippen MR) is 121 cm³/mol. The summed E-state index contributed by atoms with van der Waals surface area (Å²) in [6.45, 7) is 7.56. The molecular weight excluding hydrogens is 419 g/mol. The minimum absolute atomic E-state index is 0.00221. The number of benzene rings is 2. The average Bonchev–Trinajstić information content (AvgIpc) is 2.75. The number of carbonyl (C=O) groups is 2. The van der Waals surface area contributed by atoms with Crippen molar-refractivity contribution in [3.05, 3.63) is 64.4 Å². The normalized spacial score (nSPS) is 12.7. The summed E-state index contributed by atoms with van der Waals surface area (Å²) in [4.78, 5) is 27.5. The van der Waals surface area contributed by atoms with Gasteiger partial charge in [0, 0.05) is 17.6 Å². The third-order valence-corrected chi connectivity index (χ3v) is 5.57. The molecule has 0 saturated carbocycles. The van der Waals surface area contributed by atoms with Crippen LogP contribution in [0.25, 0.3) is 0 Å². The van der Waals surface area contributed by atoms with Crippen molar-refractivity contribution in [2.45, 2.75) is 59.2 Å². The Morgan fingerprint density at radius 3 is 2.39 bits per heavy atom. The van der Waals surface area contributed by atoms with Crippen LogP contribution in [0.5, 0.6) is 5.75 Å². The number of aryl methyl sites for hydroxylation is 1. The third-order valence-electron chi connectivity index (χ3n) is 5.14. The van der Waals surface area contributed by atoms with Gasteiger partial charge in [-0.3, -0.25) is 9.59 Å². The average molecular weight is 449 g/mol. The van der Waals surface area contributed by atoms with Crippen molar-refractivity contribution < 1.29 is 18.7 Å². The predicted octanol–water partition coefficient (Wildman–Crippen LogP) is 4.89. The second-order valence-electron chi connectivity index (χ2n) is 7.59. The van der Waals surface area contributed by atoms with Crippen LogP contribution in [0.15, 0.2) is 42.5 Å². The first-order valence-electron chi connectivity index (χ1n) is 10.5. The number of halogens is 2. The fraction of sp³-hybridized carbons (Fsp3) is 0.417. The van der Waals surface area contributed by atoms with Gasteiger partial charge in [0.25, 0.3) is 5.91 Å². The highest BCUT2D eigenvalue weighted by Gasteiger charge is 2.29. The summed E-state index contributed by atoms with van der Waals surface area (Å²) in [5.41, 5.74) is 1.57. The van der Waals surface area contributed by atoms with Crippen LogP contribution in [-0.2, 0) is 16.1 Å². The van der Waals surface area contributed by atoms with Crippen LogP contribution in [0.2, 0.25) is 5.02 Å². The molecule has 0 aromatic heterocycles. The molecule has 0 radical (unpaired) electrons. The number of carbonyl (C=O) groups excluding carboxylic acids is 2. The lowest BCUT2D eigenvalue weighted by Crippen LogP contribution is -2.51. The number of hydrogen-bond acceptors (Lipinski definition) is 3. The van der Waals surface area contributed by atoms with E-state index in [2.05, 4.69) is 5.32 Å². The Balaban J connectivity index is 2.21. The van der Waals surface area contributed by atoms with Crippen molar-refractivity contribution in [3.63, 3.8) is 0 Å². The fourth-order valence-electron chi connectivity index (χ4n) is 3.08. The molecule has 0 unspecified atom stereocenters. The first-order chi connectivity index (χ1) is 14.7. The maximum Gasteiger partial charge on any atom is 0.261 e. The molecule has 2 aromatic carbocycles. The summed E-state index contributed by atoms with van der Waals surface area (Å²) in [5, 5.41) is 3.57. The van der Waals surface area contributed by atoms with E-state index in [-0.39, 0.29) is 36.8 Å². The molecule has 0 aliphatic carbocycles. The Labute approximate surface area is 188 Å². The SMILES string of the molecule is CC[C@H](C(=O)N[C@@H](C)CC)N(Cc1ccc(F)cc1)C(=O)COc1ccc(Cl)c(C)c1. The second kappa shape index (κ2) is 11.7. The van der Waals surface area contributed by atoms with Crippen LogP contribution >= 0.6 is 11.6 Å². The molecule has 0 fully saturated rings. The van der Waals surface area contributed by atoms with Crippen molar-refractivity contribution in [1.29, 1.82) is 0 Å². The molecule has 0 bridgehead atoms. The number of rotatable bonds is 10. The van der Waals surface area contributed by atoms with Crippen molar-refractivity contribution in [2.75, 3.05) is 6.61 Å². The van der Waals surface area contributed by atoms with E-state index in [1.165, 1.54) is 17.0 Å². The molecule has 0 aliphatic heterocycles. The molecule has 0 aliphatic rings. The first kappa shape index (κ1) is 24.7. The van der Waals surface area contributed by atoms with E-state index < -0.39 is 6.04 Å². The molecule has 31 heavy (non-hydrogen) atoms. The Hall–Kier alpha value is -2.60. The van der Waals surface area contributed by atoms with Gasteiger partial charge in [0.15, 0.2) is 6.61 Å². The molecular formula is C24H30ClFN2O3. The summed E-state index contributed by atoms with van der Waals surface area (Å²) < 4.78 is 19.0. The van der Waals surface area contributed by atoms with Gasteiger partial charge in [-0.25, -0.2) is 4.39 Å². The van der Waals surface area contributed by atoms with Crippen molar-refractivity contribution in [3.8, 4) is 5.75 Å². The third kappa shape index (κ3) is 7.24. The Morgan fingerprint density at radius 2 is 1.81 bits per heavy atom. The lowest BCUT2D eigenvalue weighted by Gasteiger charge is -2.31. The molecule has 0 spiro atoms. The van der Waals surface area contributed by atoms with Crippen LogP contribution < -0.4 is 10.1 Å². The second-order valence-corrected chi connectivity index (χ2v) is 8.00. The van der Waals surface area contributed by atoms with E-state index in [0.717, 1.165) is 17.5 Å². The van der Waals surface area contributed by atoms with E-state index in [9.17, 15) is 14.0 Å². The van der Waals surface area contributed by atoms with E-state index in [4.69, 9.17) is 16.3 Å². The maximum absolute atomic E-state index is 13.3. The van der Waals surface area contributed by atoms with Crippen molar-refractivity contribution >= 4 is 23.4 Å². The van der Waals surface area contributed by atoms with Crippen molar-refractivity contribution in [2.24, 2.45) is 0 Å². The lowest BCUT2D eigenvalue weighted by molar-refractivity contribution is -0.143. The van der Waals surface area contributed by atoms with Gasteiger partial charge in [0.1, 0.15) is 17.6 Å². The fourth-order valence-corrected chi connectivity index (χ4v) is 3.20. The Kier molecular flexibility index (Phi) is 9.31. The van der Waals surface area contributed by atoms with Gasteiger partial charge in [-0.05, 0) is 68.1 Å². The molecule has 2 amide bonds. The monoisotopic (exact) mass is 448 g/mol. The van der Waals surface area contributed by atoms with Crippen LogP contribution in [0, 0.1) is 12.7 Å². The summed E-state index contributed by atoms with van der Waals surface area (Å²) in [5.74, 6) is -0.378. The highest BCUT2D eigenvalue weighted by molar-refractivity contribution is 6.31. The maximum atomic E-state index is 13.3. The molecule has 168 valence electrons. The standard InChI is InChI=1S/C24H30ClFN2O3/c1-5-17(4)27-24(30)22(6-2)28(14-18-7-9-19(26)10-8-18)23(29)15-31-20-11-12-21(25)16(3)13-20/h7-13,17,22H,5-6,14-15H2,1-4H3,(H,27,30)/t17-,22+/m0/s1. The quantitative estimate of drug-likeness (QED) is 0.563. The molecule has 5 nitrogen and oxygen atoms in total. The zero-order valence-electron chi connectivity index (χ0n) is 18.5. The number of amides is 2. The van der Waals surface area contributed by atoms with Crippen LogP contribution in [-0.4, -0.2) is 35.4 Å². The molecule has 7 heteroatoms. The minimum Gasteiger partial charge on any atom is -0.484 e. The van der Waals surface area contributed by atoms with Gasteiger partial charge in [0.2, 0.25) is 5.91 Å². The summed E-state index contributed by atoms with van der Waals surface area (Å²) in [6.07, 6.45) is 1.22. The zero-order valence-corrected chi connectivity index (χ0v) is 19.2. The Bertz CT molecular complexity index is 889. The van der Waals surface area contributed by atoms with Gasteiger partial charge >= 0.3 is 0 Å². The molecule has 2 aromatic rings. The van der Waals surface area contributed by atoms with Gasteiger partial charge in [-0.2, -0.15) is 0 Å². The van der Waals surface area contributed by atoms with E-state index >= 15 is 0 Å². The summed E-state index contributed by atoms with van der Waals surface area (Å²) in [6, 6.07) is 10.4. The van der Waals surface area contributed by atoms with Gasteiger partial charge in [0.05, 0.1) is 0 Å². The Morgan fingerprint density at radius 1 is 1.13 bits per heavy atom. The minimum atomic E-state index is -0.665. The van der Waals surface area contributed by atoms with Gasteiger partial charge < -0.3 is 15.0 Å². The molecule has 2 atom stereocenters. The van der Waals surface area contributed by atoms with Crippen LogP contribution in [0.3, 0.4) is 0 Å². The highest BCUT2D eigenvalue weighted by Crippen LogP contribution is 2.21. The van der Waals surface area contributed by atoms with Gasteiger partial charge in [-0.15, -0.1) is 0 Å². The molecule has 0 heterocycles. The molecule has 0 saturated heterocycles. The number of nitrogens with zero attached hydrogens (tertiary/aromatic N) is 1. The van der Waals surface area contributed by atoms with E-state index in [1.807, 2.05) is 27.7 Å². The zero-order chi connectivity index (χ0) is 23.0.